The number of benzene rings is 1. The molecule has 2 aliphatic heterocycles. The van der Waals surface area contributed by atoms with E-state index in [1.807, 2.05) is 27.8 Å². The normalized spacial score (nSPS) is 19.2. The van der Waals surface area contributed by atoms with E-state index in [1.165, 1.54) is 0 Å². The van der Waals surface area contributed by atoms with Crippen molar-refractivity contribution in [2.75, 3.05) is 19.7 Å². The molecule has 1 amide bonds. The van der Waals surface area contributed by atoms with E-state index in [2.05, 4.69) is 30.4 Å². The number of hydrogen-bond acceptors (Lipinski definition) is 4. The summed E-state index contributed by atoms with van der Waals surface area (Å²) in [5, 5.41) is 8.56. The number of likely N-dealkylation sites (tertiary alicyclic amines) is 1. The van der Waals surface area contributed by atoms with Crippen LogP contribution in [0.1, 0.15) is 48.3 Å². The highest BCUT2D eigenvalue weighted by Gasteiger charge is 2.26. The summed E-state index contributed by atoms with van der Waals surface area (Å²) in [5.74, 6) is 2.06. The Hall–Kier alpha value is -2.37. The third-order valence-corrected chi connectivity index (χ3v) is 5.39. The fourth-order valence-electron chi connectivity index (χ4n) is 4.10. The van der Waals surface area contributed by atoms with Crippen molar-refractivity contribution in [1.82, 2.24) is 19.9 Å². The molecule has 1 unspecified atom stereocenters. The van der Waals surface area contributed by atoms with E-state index >= 15 is 0 Å². The number of piperidine rings is 1. The van der Waals surface area contributed by atoms with Crippen molar-refractivity contribution in [3.05, 3.63) is 41.2 Å². The minimum atomic E-state index is 0.133. The number of ether oxygens (including phenoxy) is 1. The average molecular weight is 368 g/mol. The molecule has 6 heteroatoms. The fraction of sp³-hybridized carbons (Fsp3) is 0.571. The van der Waals surface area contributed by atoms with Crippen LogP contribution in [0.15, 0.2) is 24.4 Å². The van der Waals surface area contributed by atoms with E-state index in [9.17, 15) is 4.79 Å². The Labute approximate surface area is 160 Å². The minimum absolute atomic E-state index is 0.133. The monoisotopic (exact) mass is 368 g/mol. The van der Waals surface area contributed by atoms with Crippen LogP contribution < -0.4 is 4.74 Å². The molecule has 6 nitrogen and oxygen atoms in total. The summed E-state index contributed by atoms with van der Waals surface area (Å²) >= 11 is 0. The van der Waals surface area contributed by atoms with E-state index in [-0.39, 0.29) is 5.91 Å². The van der Waals surface area contributed by atoms with Crippen LogP contribution in [-0.4, -0.2) is 45.5 Å². The third kappa shape index (κ3) is 4.15. The van der Waals surface area contributed by atoms with Gasteiger partial charge in [-0.1, -0.05) is 19.1 Å². The average Bonchev–Trinajstić information content (AvgIpc) is 3.29. The first-order chi connectivity index (χ1) is 13.1. The molecule has 27 heavy (non-hydrogen) atoms. The Morgan fingerprint density at radius 3 is 3.11 bits per heavy atom. The van der Waals surface area contributed by atoms with Crippen LogP contribution in [0.5, 0.6) is 5.75 Å². The van der Waals surface area contributed by atoms with Gasteiger partial charge >= 0.3 is 0 Å². The zero-order valence-electron chi connectivity index (χ0n) is 16.2. The molecule has 1 fully saturated rings. The number of nitrogens with zero attached hydrogens (tertiary/aromatic N) is 4. The van der Waals surface area contributed by atoms with Crippen molar-refractivity contribution < 1.29 is 9.53 Å². The number of hydrogen-bond donors (Lipinski definition) is 0. The molecule has 0 spiro atoms. The lowest BCUT2D eigenvalue weighted by atomic mass is 9.97. The zero-order chi connectivity index (χ0) is 18.8. The van der Waals surface area contributed by atoms with Gasteiger partial charge in [0.2, 0.25) is 0 Å². The third-order valence-electron chi connectivity index (χ3n) is 5.39. The van der Waals surface area contributed by atoms with Crippen molar-refractivity contribution in [2.24, 2.45) is 11.8 Å². The van der Waals surface area contributed by atoms with Crippen molar-refractivity contribution >= 4 is 5.91 Å². The largest absolute Gasteiger partial charge is 0.493 e. The predicted octanol–water partition coefficient (Wildman–Crippen LogP) is 2.96. The second kappa shape index (κ2) is 7.71. The molecular formula is C21H28N4O2. The van der Waals surface area contributed by atoms with Gasteiger partial charge in [-0.05, 0) is 54.9 Å². The lowest BCUT2D eigenvalue weighted by molar-refractivity contribution is 0.0659. The van der Waals surface area contributed by atoms with E-state index < -0.39 is 0 Å². The first-order valence-electron chi connectivity index (χ1n) is 10.0. The molecule has 0 N–H and O–H groups in total. The first-order valence-corrected chi connectivity index (χ1v) is 10.0. The maximum absolute atomic E-state index is 13.0. The van der Waals surface area contributed by atoms with Gasteiger partial charge in [-0.3, -0.25) is 9.48 Å². The summed E-state index contributed by atoms with van der Waals surface area (Å²) in [6.45, 7) is 7.54. The molecule has 0 saturated carbocycles. The molecule has 3 heterocycles. The van der Waals surface area contributed by atoms with Crippen LogP contribution in [0.3, 0.4) is 0 Å². The molecule has 2 aromatic rings. The van der Waals surface area contributed by atoms with Crippen LogP contribution in [0.2, 0.25) is 0 Å². The van der Waals surface area contributed by atoms with E-state index in [0.717, 1.165) is 74.5 Å². The number of carbonyl (C=O) groups is 1. The Bertz CT molecular complexity index is 814. The molecule has 2 aliphatic rings. The van der Waals surface area contributed by atoms with Crippen molar-refractivity contribution in [3.63, 3.8) is 0 Å². The zero-order valence-corrected chi connectivity index (χ0v) is 16.2. The summed E-state index contributed by atoms with van der Waals surface area (Å²) in [6.07, 6.45) is 6.07. The Morgan fingerprint density at radius 1 is 1.37 bits per heavy atom. The summed E-state index contributed by atoms with van der Waals surface area (Å²) < 4.78 is 7.49. The van der Waals surface area contributed by atoms with Gasteiger partial charge in [-0.2, -0.15) is 0 Å². The Kier molecular flexibility index (Phi) is 5.14. The number of carbonyl (C=O) groups excluding carboxylic acids is 1. The molecule has 0 bridgehead atoms. The summed E-state index contributed by atoms with van der Waals surface area (Å²) in [7, 11) is 0. The number of aromatic nitrogens is 3. The molecule has 0 aliphatic carbocycles. The molecular weight excluding hydrogens is 340 g/mol. The Balaban J connectivity index is 1.39. The lowest BCUT2D eigenvalue weighted by Gasteiger charge is -2.32. The Morgan fingerprint density at radius 2 is 2.26 bits per heavy atom. The summed E-state index contributed by atoms with van der Waals surface area (Å²) in [4.78, 5) is 15.0. The SMILES string of the molecule is CC(C)Cc1cn(CC2CCCN(C(=O)c3ccc4c(c3)CCO4)C2)nn1. The molecule has 144 valence electrons. The van der Waals surface area contributed by atoms with Gasteiger partial charge in [0.1, 0.15) is 5.75 Å². The van der Waals surface area contributed by atoms with Crippen LogP contribution in [-0.2, 0) is 19.4 Å². The second-order valence-electron chi connectivity index (χ2n) is 8.21. The van der Waals surface area contributed by atoms with Gasteiger partial charge in [0.15, 0.2) is 0 Å². The molecule has 1 aromatic heterocycles. The van der Waals surface area contributed by atoms with Gasteiger partial charge < -0.3 is 9.64 Å². The van der Waals surface area contributed by atoms with Gasteiger partial charge in [-0.15, -0.1) is 5.10 Å². The highest BCUT2D eigenvalue weighted by Crippen LogP contribution is 2.27. The first kappa shape index (κ1) is 18.0. The van der Waals surface area contributed by atoms with Gasteiger partial charge in [0.05, 0.1) is 12.3 Å². The van der Waals surface area contributed by atoms with Gasteiger partial charge in [-0.25, -0.2) is 0 Å². The topological polar surface area (TPSA) is 60.2 Å². The quantitative estimate of drug-likeness (QED) is 0.814. The highest BCUT2D eigenvalue weighted by molar-refractivity contribution is 5.94. The van der Waals surface area contributed by atoms with E-state index in [0.29, 0.717) is 11.8 Å². The summed E-state index contributed by atoms with van der Waals surface area (Å²) in [6, 6.07) is 5.83. The summed E-state index contributed by atoms with van der Waals surface area (Å²) in [5.41, 5.74) is 2.98. The van der Waals surface area contributed by atoms with E-state index in [4.69, 9.17) is 4.74 Å². The van der Waals surface area contributed by atoms with Gasteiger partial charge in [0.25, 0.3) is 5.91 Å². The van der Waals surface area contributed by atoms with Crippen LogP contribution in [0.25, 0.3) is 0 Å². The van der Waals surface area contributed by atoms with Crippen LogP contribution in [0.4, 0.5) is 0 Å². The highest BCUT2D eigenvalue weighted by atomic mass is 16.5. The van der Waals surface area contributed by atoms with E-state index in [1.54, 1.807) is 0 Å². The maximum Gasteiger partial charge on any atom is 0.253 e. The fourth-order valence-corrected chi connectivity index (χ4v) is 4.10. The lowest BCUT2D eigenvalue weighted by Crippen LogP contribution is -2.41. The van der Waals surface area contributed by atoms with Crippen molar-refractivity contribution in [2.45, 2.75) is 46.1 Å². The maximum atomic E-state index is 13.0. The second-order valence-corrected chi connectivity index (χ2v) is 8.21. The predicted molar refractivity (Wildman–Crippen MR) is 103 cm³/mol. The smallest absolute Gasteiger partial charge is 0.253 e. The van der Waals surface area contributed by atoms with Gasteiger partial charge in [0, 0.05) is 37.8 Å². The van der Waals surface area contributed by atoms with Crippen molar-refractivity contribution in [1.29, 1.82) is 0 Å². The molecule has 4 rings (SSSR count). The molecule has 1 saturated heterocycles. The van der Waals surface area contributed by atoms with Crippen molar-refractivity contribution in [3.8, 4) is 5.75 Å². The minimum Gasteiger partial charge on any atom is -0.493 e. The number of rotatable bonds is 5. The standard InChI is InChI=1S/C21H28N4O2/c1-15(2)10-19-14-25(23-22-19)13-16-4-3-8-24(12-16)21(26)18-5-6-20-17(11-18)7-9-27-20/h5-6,11,14-16H,3-4,7-10,12-13H2,1-2H3. The number of amides is 1. The van der Waals surface area contributed by atoms with Crippen LogP contribution in [0, 0.1) is 11.8 Å². The molecule has 1 aromatic carbocycles. The number of fused-ring (bicyclic) bond motifs is 1. The van der Waals surface area contributed by atoms with Crippen LogP contribution >= 0.6 is 0 Å². The molecule has 0 radical (unpaired) electrons. The molecule has 1 atom stereocenters.